The van der Waals surface area contributed by atoms with Gasteiger partial charge in [0.25, 0.3) is 0 Å². The van der Waals surface area contributed by atoms with Gasteiger partial charge in [-0.3, -0.25) is 9.89 Å². The highest BCUT2D eigenvalue weighted by atomic mass is 127. The van der Waals surface area contributed by atoms with Crippen LogP contribution in [0.15, 0.2) is 53.5 Å². The standard InChI is InChI=1S/C25H36N4O2.HI/c1-4-26-25(27-17-24(30)20-10-7-11-23(16-20)31-3)28-22-12-14-29(15-13-22)18-21-9-6-5-8-19(21)2;/h5-11,16,22,24,30H,4,12-15,17-18H2,1-3H3,(H2,26,27,28);1H. The summed E-state index contributed by atoms with van der Waals surface area (Å²) in [5.41, 5.74) is 3.58. The van der Waals surface area contributed by atoms with Crippen molar-refractivity contribution in [3.05, 3.63) is 65.2 Å². The molecule has 2 aromatic carbocycles. The van der Waals surface area contributed by atoms with Crippen molar-refractivity contribution in [1.29, 1.82) is 0 Å². The maximum absolute atomic E-state index is 10.5. The van der Waals surface area contributed by atoms with Gasteiger partial charge in [0, 0.05) is 32.2 Å². The Labute approximate surface area is 209 Å². The number of aliphatic hydroxyl groups is 1. The van der Waals surface area contributed by atoms with Crippen LogP contribution < -0.4 is 15.4 Å². The van der Waals surface area contributed by atoms with E-state index in [-0.39, 0.29) is 24.0 Å². The number of nitrogens with one attached hydrogen (secondary N) is 2. The van der Waals surface area contributed by atoms with Crippen LogP contribution in [0.2, 0.25) is 0 Å². The lowest BCUT2D eigenvalue weighted by atomic mass is 10.0. The summed E-state index contributed by atoms with van der Waals surface area (Å²) in [4.78, 5) is 7.15. The smallest absolute Gasteiger partial charge is 0.191 e. The number of rotatable bonds is 8. The summed E-state index contributed by atoms with van der Waals surface area (Å²) in [6.45, 7) is 8.47. The van der Waals surface area contributed by atoms with Gasteiger partial charge < -0.3 is 20.5 Å². The molecule has 1 fully saturated rings. The van der Waals surface area contributed by atoms with E-state index in [9.17, 15) is 5.11 Å². The van der Waals surface area contributed by atoms with Gasteiger partial charge in [0.1, 0.15) is 5.75 Å². The van der Waals surface area contributed by atoms with Crippen molar-refractivity contribution in [2.45, 2.75) is 45.4 Å². The Kier molecular flexibility index (Phi) is 11.3. The largest absolute Gasteiger partial charge is 0.497 e. The first-order valence-electron chi connectivity index (χ1n) is 11.2. The van der Waals surface area contributed by atoms with Crippen molar-refractivity contribution in [1.82, 2.24) is 15.5 Å². The van der Waals surface area contributed by atoms with E-state index in [1.807, 2.05) is 24.3 Å². The van der Waals surface area contributed by atoms with Crippen LogP contribution in [0.3, 0.4) is 0 Å². The number of benzene rings is 2. The van der Waals surface area contributed by atoms with Crippen molar-refractivity contribution in [2.75, 3.05) is 33.3 Å². The number of aryl methyl sites for hydroxylation is 1. The lowest BCUT2D eigenvalue weighted by Gasteiger charge is -2.33. The molecule has 1 aliphatic heterocycles. The van der Waals surface area contributed by atoms with E-state index >= 15 is 0 Å². The average molecular weight is 553 g/mol. The zero-order valence-electron chi connectivity index (χ0n) is 19.4. The Hall–Kier alpha value is -1.84. The van der Waals surface area contributed by atoms with Gasteiger partial charge in [-0.05, 0) is 55.5 Å². The van der Waals surface area contributed by atoms with Gasteiger partial charge >= 0.3 is 0 Å². The van der Waals surface area contributed by atoms with Crippen LogP contribution in [0.4, 0.5) is 0 Å². The van der Waals surface area contributed by atoms with Crippen LogP contribution in [0, 0.1) is 6.92 Å². The Morgan fingerprint density at radius 3 is 2.62 bits per heavy atom. The first kappa shape index (κ1) is 26.4. The third kappa shape index (κ3) is 7.94. The molecule has 0 saturated carbocycles. The van der Waals surface area contributed by atoms with E-state index in [1.54, 1.807) is 7.11 Å². The molecule has 1 aliphatic rings. The molecule has 0 aromatic heterocycles. The van der Waals surface area contributed by atoms with Crippen molar-refractivity contribution in [2.24, 2.45) is 4.99 Å². The molecule has 1 heterocycles. The average Bonchev–Trinajstić information content (AvgIpc) is 2.80. The molecule has 2 aromatic rings. The molecule has 1 unspecified atom stereocenters. The van der Waals surface area contributed by atoms with Gasteiger partial charge in [0.2, 0.25) is 0 Å². The Balaban J connectivity index is 0.00000363. The summed E-state index contributed by atoms with van der Waals surface area (Å²) in [7, 11) is 1.63. The monoisotopic (exact) mass is 552 g/mol. The number of guanidine groups is 1. The molecule has 0 spiro atoms. The highest BCUT2D eigenvalue weighted by Gasteiger charge is 2.20. The summed E-state index contributed by atoms with van der Waals surface area (Å²) >= 11 is 0. The molecule has 3 rings (SSSR count). The predicted molar refractivity (Wildman–Crippen MR) is 142 cm³/mol. The van der Waals surface area contributed by atoms with Crippen LogP contribution in [0.25, 0.3) is 0 Å². The zero-order chi connectivity index (χ0) is 22.1. The molecule has 0 aliphatic carbocycles. The van der Waals surface area contributed by atoms with Crippen molar-refractivity contribution in [3.63, 3.8) is 0 Å². The summed E-state index contributed by atoms with van der Waals surface area (Å²) in [6.07, 6.45) is 1.49. The number of hydrogen-bond donors (Lipinski definition) is 3. The molecule has 1 atom stereocenters. The SMILES string of the molecule is CCNC(=NCC(O)c1cccc(OC)c1)NC1CCN(Cc2ccccc2C)CC1.I. The van der Waals surface area contributed by atoms with E-state index in [0.29, 0.717) is 12.6 Å². The van der Waals surface area contributed by atoms with Crippen LogP contribution in [-0.2, 0) is 6.54 Å². The molecule has 176 valence electrons. The van der Waals surface area contributed by atoms with Crippen LogP contribution >= 0.6 is 24.0 Å². The van der Waals surface area contributed by atoms with Crippen LogP contribution in [-0.4, -0.2) is 55.3 Å². The summed E-state index contributed by atoms with van der Waals surface area (Å²) in [5.74, 6) is 1.50. The van der Waals surface area contributed by atoms with Crippen molar-refractivity contribution >= 4 is 29.9 Å². The Morgan fingerprint density at radius 1 is 1.19 bits per heavy atom. The zero-order valence-corrected chi connectivity index (χ0v) is 21.7. The number of hydrogen-bond acceptors (Lipinski definition) is 4. The molecule has 1 saturated heterocycles. The molecule has 0 amide bonds. The minimum atomic E-state index is -0.665. The van der Waals surface area contributed by atoms with Crippen LogP contribution in [0.5, 0.6) is 5.75 Å². The summed E-state index contributed by atoms with van der Waals surface area (Å²) < 4.78 is 5.25. The second kappa shape index (κ2) is 13.6. The molecular formula is C25H37IN4O2. The molecule has 32 heavy (non-hydrogen) atoms. The van der Waals surface area contributed by atoms with Crippen molar-refractivity contribution < 1.29 is 9.84 Å². The normalized spacial score (nSPS) is 16.2. The highest BCUT2D eigenvalue weighted by molar-refractivity contribution is 14.0. The number of aliphatic hydroxyl groups excluding tert-OH is 1. The summed E-state index contributed by atoms with van der Waals surface area (Å²) in [5, 5.41) is 17.4. The minimum Gasteiger partial charge on any atom is -0.497 e. The molecule has 6 nitrogen and oxygen atoms in total. The number of piperidine rings is 1. The highest BCUT2D eigenvalue weighted by Crippen LogP contribution is 2.19. The molecule has 0 bridgehead atoms. The number of ether oxygens (including phenoxy) is 1. The van der Waals surface area contributed by atoms with Gasteiger partial charge in [-0.1, -0.05) is 36.4 Å². The van der Waals surface area contributed by atoms with E-state index in [4.69, 9.17) is 4.74 Å². The third-order valence-corrected chi connectivity index (χ3v) is 5.83. The van der Waals surface area contributed by atoms with E-state index in [1.165, 1.54) is 11.1 Å². The maximum Gasteiger partial charge on any atom is 0.191 e. The second-order valence-corrected chi connectivity index (χ2v) is 8.13. The number of likely N-dealkylation sites (tertiary alicyclic amines) is 1. The van der Waals surface area contributed by atoms with E-state index in [0.717, 1.165) is 56.3 Å². The summed E-state index contributed by atoms with van der Waals surface area (Å²) in [6, 6.07) is 16.5. The van der Waals surface area contributed by atoms with Gasteiger partial charge in [0.05, 0.1) is 19.8 Å². The van der Waals surface area contributed by atoms with Gasteiger partial charge in [0.15, 0.2) is 5.96 Å². The molecular weight excluding hydrogens is 515 g/mol. The number of aliphatic imine (C=N–C) groups is 1. The lowest BCUT2D eigenvalue weighted by Crippen LogP contribution is -2.48. The second-order valence-electron chi connectivity index (χ2n) is 8.13. The Bertz CT molecular complexity index is 853. The first-order valence-corrected chi connectivity index (χ1v) is 11.2. The molecule has 3 N–H and O–H groups in total. The third-order valence-electron chi connectivity index (χ3n) is 5.83. The number of nitrogens with zero attached hydrogens (tertiary/aromatic N) is 2. The van der Waals surface area contributed by atoms with E-state index < -0.39 is 6.10 Å². The van der Waals surface area contributed by atoms with Crippen LogP contribution in [0.1, 0.15) is 42.6 Å². The fraction of sp³-hybridized carbons (Fsp3) is 0.480. The van der Waals surface area contributed by atoms with Gasteiger partial charge in [-0.2, -0.15) is 0 Å². The quantitative estimate of drug-likeness (QED) is 0.264. The fourth-order valence-corrected chi connectivity index (χ4v) is 3.91. The molecule has 7 heteroatoms. The minimum absolute atomic E-state index is 0. The fourth-order valence-electron chi connectivity index (χ4n) is 3.91. The lowest BCUT2D eigenvalue weighted by molar-refractivity contribution is 0.186. The van der Waals surface area contributed by atoms with Crippen molar-refractivity contribution in [3.8, 4) is 5.75 Å². The molecule has 0 radical (unpaired) electrons. The number of halogens is 1. The first-order chi connectivity index (χ1) is 15.1. The maximum atomic E-state index is 10.5. The number of methoxy groups -OCH3 is 1. The topological polar surface area (TPSA) is 69.1 Å². The van der Waals surface area contributed by atoms with Gasteiger partial charge in [-0.25, -0.2) is 0 Å². The van der Waals surface area contributed by atoms with Gasteiger partial charge in [-0.15, -0.1) is 24.0 Å². The Morgan fingerprint density at radius 2 is 1.94 bits per heavy atom. The predicted octanol–water partition coefficient (Wildman–Crippen LogP) is 3.87. The van der Waals surface area contributed by atoms with E-state index in [2.05, 4.69) is 58.6 Å².